The van der Waals surface area contributed by atoms with Crippen molar-refractivity contribution in [2.45, 2.75) is 38.2 Å². The van der Waals surface area contributed by atoms with Crippen LogP contribution in [0.3, 0.4) is 0 Å². The zero-order valence-electron chi connectivity index (χ0n) is 15.5. The van der Waals surface area contributed by atoms with Crippen molar-refractivity contribution in [2.75, 3.05) is 32.7 Å². The molecule has 0 aromatic heterocycles. The monoisotopic (exact) mass is 366 g/mol. The molecule has 1 aliphatic heterocycles. The maximum atomic E-state index is 12.7. The summed E-state index contributed by atoms with van der Waals surface area (Å²) in [6.07, 6.45) is -0.365. The third-order valence-corrected chi connectivity index (χ3v) is 3.95. The molecule has 0 spiro atoms. The smallest absolute Gasteiger partial charge is 0.307 e. The summed E-state index contributed by atoms with van der Waals surface area (Å²) in [5.74, 6) is -0.699. The fourth-order valence-electron chi connectivity index (χ4n) is 2.57. The first-order valence-corrected chi connectivity index (χ1v) is 8.41. The van der Waals surface area contributed by atoms with E-state index in [0.29, 0.717) is 0 Å². The van der Waals surface area contributed by atoms with Gasteiger partial charge in [0.05, 0.1) is 27.2 Å². The molecule has 0 unspecified atom stereocenters. The molecule has 1 saturated heterocycles. The van der Waals surface area contributed by atoms with E-state index < -0.39 is 17.9 Å². The molecular formula is C18H26N2O6. The van der Waals surface area contributed by atoms with Crippen LogP contribution >= 0.6 is 0 Å². The Bertz CT molecular complexity index is 617. The van der Waals surface area contributed by atoms with Crippen molar-refractivity contribution in [3.63, 3.8) is 0 Å². The van der Waals surface area contributed by atoms with Gasteiger partial charge in [-0.1, -0.05) is 0 Å². The summed E-state index contributed by atoms with van der Waals surface area (Å²) < 4.78 is 21.1. The van der Waals surface area contributed by atoms with E-state index in [-0.39, 0.29) is 31.4 Å². The minimum atomic E-state index is -0.753. The number of anilines is 1. The molecule has 1 heterocycles. The number of carbonyl (C=O) groups is 2. The van der Waals surface area contributed by atoms with Crippen molar-refractivity contribution in [3.8, 4) is 5.75 Å². The van der Waals surface area contributed by atoms with Gasteiger partial charge in [0.2, 0.25) is 5.91 Å². The highest BCUT2D eigenvalue weighted by Crippen LogP contribution is 2.26. The predicted octanol–water partition coefficient (Wildman–Crippen LogP) is 1.31. The van der Waals surface area contributed by atoms with Gasteiger partial charge in [-0.25, -0.2) is 0 Å². The van der Waals surface area contributed by atoms with E-state index in [1.165, 1.54) is 7.11 Å². The van der Waals surface area contributed by atoms with Crippen LogP contribution in [0.15, 0.2) is 24.3 Å². The Morgan fingerprint density at radius 2 is 1.96 bits per heavy atom. The lowest BCUT2D eigenvalue weighted by Gasteiger charge is -2.25. The molecule has 0 aliphatic carbocycles. The molecule has 1 fully saturated rings. The maximum absolute atomic E-state index is 12.7. The number of carbonyl (C=O) groups excluding carboxylic acids is 2. The Morgan fingerprint density at radius 1 is 1.27 bits per heavy atom. The number of ether oxygens (including phenoxy) is 4. The summed E-state index contributed by atoms with van der Waals surface area (Å²) in [5, 5.41) is 5.91. The van der Waals surface area contributed by atoms with Crippen molar-refractivity contribution in [1.82, 2.24) is 5.32 Å². The number of methoxy groups -OCH3 is 2. The molecule has 2 N–H and O–H groups in total. The van der Waals surface area contributed by atoms with Crippen LogP contribution in [0.1, 0.15) is 20.3 Å². The average Bonchev–Trinajstić information content (AvgIpc) is 2.99. The van der Waals surface area contributed by atoms with E-state index in [9.17, 15) is 9.59 Å². The van der Waals surface area contributed by atoms with Crippen LogP contribution in [-0.2, 0) is 23.8 Å². The third-order valence-electron chi connectivity index (χ3n) is 3.95. The first-order valence-electron chi connectivity index (χ1n) is 8.41. The predicted molar refractivity (Wildman–Crippen MR) is 95.0 cm³/mol. The van der Waals surface area contributed by atoms with Gasteiger partial charge in [-0.05, 0) is 38.1 Å². The van der Waals surface area contributed by atoms with Crippen molar-refractivity contribution in [3.05, 3.63) is 24.3 Å². The second kappa shape index (κ2) is 8.86. The lowest BCUT2D eigenvalue weighted by atomic mass is 10.1. The SMILES string of the molecule is COC(=O)CCNC(=O)[C@@H](Nc1ccc(OC)cc1)[C@H]1COC(C)(C)O1. The molecule has 1 amide bonds. The molecule has 0 radical (unpaired) electrons. The van der Waals surface area contributed by atoms with Gasteiger partial charge in [0.15, 0.2) is 5.79 Å². The van der Waals surface area contributed by atoms with E-state index in [0.717, 1.165) is 11.4 Å². The molecule has 1 aliphatic rings. The molecule has 8 heteroatoms. The van der Waals surface area contributed by atoms with Gasteiger partial charge in [0.25, 0.3) is 0 Å². The zero-order valence-corrected chi connectivity index (χ0v) is 15.5. The van der Waals surface area contributed by atoms with Crippen LogP contribution in [0.5, 0.6) is 5.75 Å². The first kappa shape index (κ1) is 20.0. The number of benzene rings is 1. The summed E-state index contributed by atoms with van der Waals surface area (Å²) in [7, 11) is 2.90. The van der Waals surface area contributed by atoms with Crippen LogP contribution in [0.25, 0.3) is 0 Å². The van der Waals surface area contributed by atoms with Gasteiger partial charge in [0.1, 0.15) is 17.9 Å². The minimum absolute atomic E-state index is 0.102. The van der Waals surface area contributed by atoms with Gasteiger partial charge in [-0.2, -0.15) is 0 Å². The standard InChI is InChI=1S/C18H26N2O6/c1-18(2)25-11-14(26-18)16(17(22)19-10-9-15(21)24-4)20-12-5-7-13(23-3)8-6-12/h5-8,14,16,20H,9-11H2,1-4H3,(H,19,22)/t14-,16+/m1/s1. The van der Waals surface area contributed by atoms with E-state index in [1.807, 2.05) is 12.1 Å². The van der Waals surface area contributed by atoms with Crippen LogP contribution in [0.2, 0.25) is 0 Å². The van der Waals surface area contributed by atoms with E-state index >= 15 is 0 Å². The Hall–Kier alpha value is -2.32. The molecule has 0 bridgehead atoms. The Kier molecular flexibility index (Phi) is 6.82. The van der Waals surface area contributed by atoms with Gasteiger partial charge in [0, 0.05) is 12.2 Å². The van der Waals surface area contributed by atoms with E-state index in [2.05, 4.69) is 15.4 Å². The zero-order chi connectivity index (χ0) is 19.2. The normalized spacial score (nSPS) is 19.5. The molecule has 1 aromatic carbocycles. The first-order chi connectivity index (χ1) is 12.3. The van der Waals surface area contributed by atoms with Gasteiger partial charge in [-0.15, -0.1) is 0 Å². The molecule has 144 valence electrons. The quantitative estimate of drug-likeness (QED) is 0.670. The highest BCUT2D eigenvalue weighted by molar-refractivity contribution is 5.85. The lowest BCUT2D eigenvalue weighted by molar-refractivity contribution is -0.144. The molecule has 2 atom stereocenters. The summed E-state index contributed by atoms with van der Waals surface area (Å²) in [6, 6.07) is 6.54. The van der Waals surface area contributed by atoms with E-state index in [1.54, 1.807) is 33.1 Å². The Balaban J connectivity index is 2.05. The van der Waals surface area contributed by atoms with Crippen molar-refractivity contribution >= 4 is 17.6 Å². The molecule has 2 rings (SSSR count). The highest BCUT2D eigenvalue weighted by atomic mass is 16.7. The minimum Gasteiger partial charge on any atom is -0.497 e. The number of hydrogen-bond acceptors (Lipinski definition) is 7. The molecule has 1 aromatic rings. The third kappa shape index (κ3) is 5.60. The van der Waals surface area contributed by atoms with Crippen molar-refractivity contribution in [2.24, 2.45) is 0 Å². The lowest BCUT2D eigenvalue weighted by Crippen LogP contribution is -2.49. The number of hydrogen-bond donors (Lipinski definition) is 2. The number of rotatable bonds is 8. The Labute approximate surface area is 153 Å². The molecule has 0 saturated carbocycles. The van der Waals surface area contributed by atoms with Crippen molar-refractivity contribution < 1.29 is 28.5 Å². The van der Waals surface area contributed by atoms with Crippen LogP contribution in [0.4, 0.5) is 5.69 Å². The second-order valence-corrected chi connectivity index (χ2v) is 6.33. The fraction of sp³-hybridized carbons (Fsp3) is 0.556. The largest absolute Gasteiger partial charge is 0.497 e. The number of nitrogens with one attached hydrogen (secondary N) is 2. The van der Waals surface area contributed by atoms with E-state index in [4.69, 9.17) is 14.2 Å². The highest BCUT2D eigenvalue weighted by Gasteiger charge is 2.40. The van der Waals surface area contributed by atoms with Crippen LogP contribution < -0.4 is 15.4 Å². The topological polar surface area (TPSA) is 95.1 Å². The molecule has 26 heavy (non-hydrogen) atoms. The summed E-state index contributed by atoms with van der Waals surface area (Å²) in [6.45, 7) is 4.06. The summed E-state index contributed by atoms with van der Waals surface area (Å²) >= 11 is 0. The second-order valence-electron chi connectivity index (χ2n) is 6.33. The van der Waals surface area contributed by atoms with Gasteiger partial charge in [-0.3, -0.25) is 9.59 Å². The molecular weight excluding hydrogens is 340 g/mol. The van der Waals surface area contributed by atoms with Crippen molar-refractivity contribution in [1.29, 1.82) is 0 Å². The van der Waals surface area contributed by atoms with Crippen LogP contribution in [-0.4, -0.2) is 57.2 Å². The number of amides is 1. The fourth-order valence-corrected chi connectivity index (χ4v) is 2.57. The maximum Gasteiger partial charge on any atom is 0.307 e. The van der Waals surface area contributed by atoms with Gasteiger partial charge >= 0.3 is 5.97 Å². The molecule has 8 nitrogen and oxygen atoms in total. The summed E-state index contributed by atoms with van der Waals surface area (Å²) in [4.78, 5) is 23.9. The van der Waals surface area contributed by atoms with Crippen LogP contribution in [0, 0.1) is 0 Å². The number of esters is 1. The van der Waals surface area contributed by atoms with Gasteiger partial charge < -0.3 is 29.6 Å². The summed E-state index contributed by atoms with van der Waals surface area (Å²) in [5.41, 5.74) is 0.743. The average molecular weight is 366 g/mol. The Morgan fingerprint density at radius 3 is 2.50 bits per heavy atom.